The fraction of sp³-hybridized carbons (Fsp3) is 0.650. The molecule has 3 rings (SSSR count). The number of nitrogens with one attached hydrogen (secondary N) is 1. The molecule has 0 aromatic heterocycles. The number of morpholine rings is 1. The molecule has 1 unspecified atom stereocenters. The number of aliphatic hydroxyl groups is 1. The third-order valence-electron chi connectivity index (χ3n) is 5.11. The van der Waals surface area contributed by atoms with E-state index in [4.69, 9.17) is 4.74 Å². The van der Waals surface area contributed by atoms with Crippen molar-refractivity contribution in [1.29, 1.82) is 0 Å². The fourth-order valence-corrected chi connectivity index (χ4v) is 3.73. The van der Waals surface area contributed by atoms with Crippen LogP contribution in [0.5, 0.6) is 0 Å². The summed E-state index contributed by atoms with van der Waals surface area (Å²) in [6.07, 6.45) is 5.17. The number of carbonyl (C=O) groups is 1. The Labute approximate surface area is 150 Å². The van der Waals surface area contributed by atoms with Crippen molar-refractivity contribution in [3.05, 3.63) is 34.9 Å². The average Bonchev–Trinajstić information content (AvgIpc) is 2.60. The summed E-state index contributed by atoms with van der Waals surface area (Å²) >= 11 is 0. The van der Waals surface area contributed by atoms with E-state index in [-0.39, 0.29) is 12.5 Å². The fourth-order valence-electron chi connectivity index (χ4n) is 3.73. The lowest BCUT2D eigenvalue weighted by atomic mass is 9.90. The molecule has 0 bridgehead atoms. The quantitative estimate of drug-likeness (QED) is 0.815. The first kappa shape index (κ1) is 18.4. The molecule has 1 heterocycles. The molecule has 2 N–H and O–H groups in total. The van der Waals surface area contributed by atoms with E-state index in [1.165, 1.54) is 24.0 Å². The SMILES string of the molecule is CC(O)(CNC(=O)Cc1ccc2c(c1)CCCC2)CN1CCOCC1. The molecule has 5 nitrogen and oxygen atoms in total. The summed E-state index contributed by atoms with van der Waals surface area (Å²) < 4.78 is 5.33. The molecule has 1 fully saturated rings. The minimum atomic E-state index is -0.928. The molecule has 1 aromatic carbocycles. The van der Waals surface area contributed by atoms with Gasteiger partial charge in [0.05, 0.1) is 25.2 Å². The number of rotatable bonds is 6. The van der Waals surface area contributed by atoms with Crippen LogP contribution >= 0.6 is 0 Å². The lowest BCUT2D eigenvalue weighted by molar-refractivity contribution is -0.121. The first-order valence-corrected chi connectivity index (χ1v) is 9.42. The van der Waals surface area contributed by atoms with Crippen LogP contribution in [0.1, 0.15) is 36.5 Å². The monoisotopic (exact) mass is 346 g/mol. The van der Waals surface area contributed by atoms with Gasteiger partial charge in [-0.1, -0.05) is 18.2 Å². The van der Waals surface area contributed by atoms with Crippen molar-refractivity contribution in [1.82, 2.24) is 10.2 Å². The topological polar surface area (TPSA) is 61.8 Å². The van der Waals surface area contributed by atoms with Crippen molar-refractivity contribution >= 4 is 5.91 Å². The zero-order chi connectivity index (χ0) is 17.7. The summed E-state index contributed by atoms with van der Waals surface area (Å²) in [5, 5.41) is 13.4. The molecule has 1 amide bonds. The summed E-state index contributed by atoms with van der Waals surface area (Å²) in [6, 6.07) is 6.42. The summed E-state index contributed by atoms with van der Waals surface area (Å²) in [5.74, 6) is -0.0296. The van der Waals surface area contributed by atoms with Crippen LogP contribution < -0.4 is 5.32 Å². The number of β-amino-alcohol motifs (C(OH)–C–C–N with tert-alkyl or cyclic N) is 1. The third-order valence-corrected chi connectivity index (χ3v) is 5.11. The molecule has 5 heteroatoms. The molecule has 25 heavy (non-hydrogen) atoms. The van der Waals surface area contributed by atoms with Gasteiger partial charge in [0.25, 0.3) is 0 Å². The first-order valence-electron chi connectivity index (χ1n) is 9.42. The maximum atomic E-state index is 12.3. The number of fused-ring (bicyclic) bond motifs is 1. The van der Waals surface area contributed by atoms with Crippen molar-refractivity contribution in [3.63, 3.8) is 0 Å². The molecular weight excluding hydrogens is 316 g/mol. The van der Waals surface area contributed by atoms with E-state index in [0.717, 1.165) is 31.5 Å². The molecule has 1 aromatic rings. The number of carbonyl (C=O) groups excluding carboxylic acids is 1. The van der Waals surface area contributed by atoms with Gasteiger partial charge in [0.2, 0.25) is 5.91 Å². The van der Waals surface area contributed by atoms with Crippen LogP contribution in [0.2, 0.25) is 0 Å². The molecule has 0 radical (unpaired) electrons. The highest BCUT2D eigenvalue weighted by Gasteiger charge is 2.25. The number of hydrogen-bond acceptors (Lipinski definition) is 4. The van der Waals surface area contributed by atoms with Crippen molar-refractivity contribution < 1.29 is 14.6 Å². The summed E-state index contributed by atoms with van der Waals surface area (Å²) in [4.78, 5) is 14.4. The van der Waals surface area contributed by atoms with Gasteiger partial charge in [-0.25, -0.2) is 0 Å². The van der Waals surface area contributed by atoms with Gasteiger partial charge in [-0.2, -0.15) is 0 Å². The molecule has 0 saturated carbocycles. The molecule has 2 aliphatic rings. The van der Waals surface area contributed by atoms with Crippen molar-refractivity contribution in [3.8, 4) is 0 Å². The number of amides is 1. The van der Waals surface area contributed by atoms with Crippen LogP contribution in [-0.2, 0) is 28.8 Å². The summed E-state index contributed by atoms with van der Waals surface area (Å²) in [6.45, 7) is 5.69. The molecule has 1 aliphatic carbocycles. The van der Waals surface area contributed by atoms with Gasteiger partial charge in [-0.3, -0.25) is 9.69 Å². The molecular formula is C20H30N2O3. The van der Waals surface area contributed by atoms with Crippen molar-refractivity contribution in [2.24, 2.45) is 0 Å². The summed E-state index contributed by atoms with van der Waals surface area (Å²) in [5.41, 5.74) is 2.97. The highest BCUT2D eigenvalue weighted by atomic mass is 16.5. The Hall–Kier alpha value is -1.43. The van der Waals surface area contributed by atoms with Gasteiger partial charge in [0, 0.05) is 26.2 Å². The molecule has 1 atom stereocenters. The zero-order valence-corrected chi connectivity index (χ0v) is 15.2. The molecule has 1 saturated heterocycles. The van der Waals surface area contributed by atoms with E-state index in [1.807, 2.05) is 0 Å². The van der Waals surface area contributed by atoms with Crippen LogP contribution in [0.3, 0.4) is 0 Å². The highest BCUT2D eigenvalue weighted by Crippen LogP contribution is 2.22. The second-order valence-electron chi connectivity index (χ2n) is 7.65. The minimum Gasteiger partial charge on any atom is -0.387 e. The second-order valence-corrected chi connectivity index (χ2v) is 7.65. The molecule has 1 aliphatic heterocycles. The van der Waals surface area contributed by atoms with Crippen LogP contribution in [0.15, 0.2) is 18.2 Å². The number of ether oxygens (including phenoxy) is 1. The Morgan fingerprint density at radius 3 is 2.72 bits per heavy atom. The van der Waals surface area contributed by atoms with E-state index in [0.29, 0.717) is 26.2 Å². The van der Waals surface area contributed by atoms with E-state index in [9.17, 15) is 9.90 Å². The summed E-state index contributed by atoms with van der Waals surface area (Å²) in [7, 11) is 0. The van der Waals surface area contributed by atoms with Gasteiger partial charge >= 0.3 is 0 Å². The predicted octanol–water partition coefficient (Wildman–Crippen LogP) is 1.31. The third kappa shape index (κ3) is 5.53. The number of benzene rings is 1. The van der Waals surface area contributed by atoms with E-state index in [1.54, 1.807) is 6.92 Å². The van der Waals surface area contributed by atoms with E-state index >= 15 is 0 Å². The van der Waals surface area contributed by atoms with Gasteiger partial charge in [0.1, 0.15) is 0 Å². The van der Waals surface area contributed by atoms with Crippen LogP contribution in [0.4, 0.5) is 0 Å². The van der Waals surface area contributed by atoms with Gasteiger partial charge in [-0.05, 0) is 49.3 Å². The van der Waals surface area contributed by atoms with Gasteiger partial charge in [0.15, 0.2) is 0 Å². The van der Waals surface area contributed by atoms with Crippen LogP contribution in [-0.4, -0.2) is 60.9 Å². The number of nitrogens with zero attached hydrogens (tertiary/aromatic N) is 1. The standard InChI is InChI=1S/C20H30N2O3/c1-20(24,15-22-8-10-25-11-9-22)14-21-19(23)13-16-6-7-17-4-2-3-5-18(17)12-16/h6-7,12,24H,2-5,8-11,13-15H2,1H3,(H,21,23). The van der Waals surface area contributed by atoms with Gasteiger partial charge < -0.3 is 15.2 Å². The molecule has 0 spiro atoms. The zero-order valence-electron chi connectivity index (χ0n) is 15.2. The Morgan fingerprint density at radius 2 is 1.96 bits per heavy atom. The Morgan fingerprint density at radius 1 is 1.24 bits per heavy atom. The average molecular weight is 346 g/mol. The smallest absolute Gasteiger partial charge is 0.224 e. The Bertz CT molecular complexity index is 595. The van der Waals surface area contributed by atoms with E-state index in [2.05, 4.69) is 28.4 Å². The second kappa shape index (κ2) is 8.30. The maximum absolute atomic E-state index is 12.3. The van der Waals surface area contributed by atoms with Crippen molar-refractivity contribution in [2.75, 3.05) is 39.4 Å². The van der Waals surface area contributed by atoms with Crippen LogP contribution in [0, 0.1) is 0 Å². The number of aryl methyl sites for hydroxylation is 2. The van der Waals surface area contributed by atoms with Crippen LogP contribution in [0.25, 0.3) is 0 Å². The first-order chi connectivity index (χ1) is 12.0. The highest BCUT2D eigenvalue weighted by molar-refractivity contribution is 5.78. The minimum absolute atomic E-state index is 0.0296. The Balaban J connectivity index is 1.47. The maximum Gasteiger partial charge on any atom is 0.224 e. The lowest BCUT2D eigenvalue weighted by Crippen LogP contribution is -2.51. The number of hydrogen-bond donors (Lipinski definition) is 2. The van der Waals surface area contributed by atoms with Gasteiger partial charge in [-0.15, -0.1) is 0 Å². The van der Waals surface area contributed by atoms with Crippen molar-refractivity contribution in [2.45, 2.75) is 44.6 Å². The largest absolute Gasteiger partial charge is 0.387 e. The van der Waals surface area contributed by atoms with E-state index < -0.39 is 5.60 Å². The molecule has 138 valence electrons. The predicted molar refractivity (Wildman–Crippen MR) is 97.7 cm³/mol. The Kier molecular flexibility index (Phi) is 6.10. The lowest BCUT2D eigenvalue weighted by Gasteiger charge is -2.33. The normalized spacial score (nSPS) is 20.6.